The number of fused-ring (bicyclic) bond motifs is 2. The zero-order valence-electron chi connectivity index (χ0n) is 25.2. The highest BCUT2D eigenvalue weighted by Gasteiger charge is 2.61. The first-order chi connectivity index (χ1) is 20.5. The van der Waals surface area contributed by atoms with Crippen molar-refractivity contribution in [1.29, 1.82) is 0 Å². The van der Waals surface area contributed by atoms with Crippen molar-refractivity contribution < 1.29 is 57.2 Å². The number of aliphatic hydroxyl groups is 1. The fourth-order valence-corrected chi connectivity index (χ4v) is 5.81. The van der Waals surface area contributed by atoms with Gasteiger partial charge in [0.2, 0.25) is 11.5 Å². The highest BCUT2D eigenvalue weighted by molar-refractivity contribution is 5.91. The van der Waals surface area contributed by atoms with Gasteiger partial charge in [-0.1, -0.05) is 0 Å². The number of hydrogen-bond acceptors (Lipinski definition) is 12. The Morgan fingerprint density at radius 1 is 0.791 bits per heavy atom. The van der Waals surface area contributed by atoms with Crippen molar-refractivity contribution in [3.8, 4) is 34.5 Å². The van der Waals surface area contributed by atoms with E-state index in [-0.39, 0.29) is 29.9 Å². The first-order valence-corrected chi connectivity index (χ1v) is 13.5. The molecule has 0 aromatic heterocycles. The first-order valence-electron chi connectivity index (χ1n) is 13.5. The highest BCUT2D eigenvalue weighted by Crippen LogP contribution is 2.44. The molecule has 2 aliphatic rings. The number of nitrogens with zero attached hydrogens (tertiary/aromatic N) is 1. The average Bonchev–Trinajstić information content (AvgIpc) is 3.09. The Balaban J connectivity index is 1.48. The lowest BCUT2D eigenvalue weighted by atomic mass is 9.99. The number of benzene rings is 2. The summed E-state index contributed by atoms with van der Waals surface area (Å²) in [5, 5.41) is 24.5. The molecule has 2 bridgehead atoms. The van der Waals surface area contributed by atoms with Crippen LogP contribution < -0.4 is 28.4 Å². The number of aliphatic hydroxyl groups excluding tert-OH is 1. The van der Waals surface area contributed by atoms with Gasteiger partial charge < -0.3 is 52.9 Å². The highest BCUT2D eigenvalue weighted by atomic mass is 16.6. The Kier molecular flexibility index (Phi) is 9.58. The number of carbonyl (C=O) groups excluding carboxylic acids is 2. The average molecular weight is 604 g/mol. The minimum absolute atomic E-state index is 0.0816. The maximum atomic E-state index is 13.5. The lowest BCUT2D eigenvalue weighted by Gasteiger charge is -2.49. The van der Waals surface area contributed by atoms with Crippen LogP contribution in [-0.2, 0) is 14.3 Å². The third kappa shape index (κ3) is 6.14. The summed E-state index contributed by atoms with van der Waals surface area (Å²) in [4.78, 5) is 25.9. The van der Waals surface area contributed by atoms with E-state index in [1.807, 2.05) is 0 Å². The Morgan fingerprint density at radius 2 is 1.28 bits per heavy atom. The van der Waals surface area contributed by atoms with Crippen LogP contribution in [0.1, 0.15) is 28.8 Å². The molecule has 0 amide bonds. The number of quaternary nitrogens is 1. The van der Waals surface area contributed by atoms with Crippen LogP contribution in [0.5, 0.6) is 34.5 Å². The fraction of sp³-hybridized carbons (Fsp3) is 0.467. The molecule has 13 heteroatoms. The van der Waals surface area contributed by atoms with Crippen LogP contribution in [0.2, 0.25) is 0 Å². The van der Waals surface area contributed by atoms with Gasteiger partial charge in [-0.2, -0.15) is 0 Å². The van der Waals surface area contributed by atoms with Crippen LogP contribution >= 0.6 is 0 Å². The van der Waals surface area contributed by atoms with Crippen molar-refractivity contribution in [3.05, 3.63) is 46.7 Å². The minimum atomic E-state index is -1.25. The van der Waals surface area contributed by atoms with Crippen molar-refractivity contribution in [3.63, 3.8) is 0 Å². The van der Waals surface area contributed by atoms with Crippen molar-refractivity contribution in [2.45, 2.75) is 43.2 Å². The lowest BCUT2D eigenvalue weighted by Crippen LogP contribution is -2.57. The zero-order valence-corrected chi connectivity index (χ0v) is 25.2. The maximum Gasteiger partial charge on any atom is 0.338 e. The van der Waals surface area contributed by atoms with Gasteiger partial charge in [0.25, 0.3) is 0 Å². The van der Waals surface area contributed by atoms with Gasteiger partial charge in [0, 0.05) is 18.9 Å². The summed E-state index contributed by atoms with van der Waals surface area (Å²) >= 11 is 0. The number of carbonyl (C=O) groups is 2. The molecule has 2 aromatic rings. The van der Waals surface area contributed by atoms with Gasteiger partial charge in [-0.3, -0.25) is 0 Å². The van der Waals surface area contributed by atoms with Gasteiger partial charge in [-0.05, 0) is 35.9 Å². The van der Waals surface area contributed by atoms with Crippen LogP contribution in [0.4, 0.5) is 0 Å². The monoisotopic (exact) mass is 603 g/mol. The largest absolute Gasteiger partial charge is 0.632 e. The van der Waals surface area contributed by atoms with E-state index in [9.17, 15) is 19.9 Å². The summed E-state index contributed by atoms with van der Waals surface area (Å²) in [6.07, 6.45) is -0.206. The molecule has 0 spiro atoms. The number of methoxy groups -OCH3 is 6. The quantitative estimate of drug-likeness (QED) is 0.174. The SMILES string of the molecule is COc1cc(/C=C/C(=O)O[C@@H]2C3C[C@@H](OC(=O)c4cc(OC)c(OC)c(OC)c4)CC([C@@H]2O)[N+]3(C)[O-])cc(OC)c1OC. The molecule has 4 rings (SSSR count). The van der Waals surface area contributed by atoms with Crippen molar-refractivity contribution in [2.75, 3.05) is 49.7 Å². The third-order valence-electron chi connectivity index (χ3n) is 7.96. The van der Waals surface area contributed by atoms with E-state index in [1.165, 1.54) is 74.0 Å². The van der Waals surface area contributed by atoms with E-state index in [1.54, 1.807) is 12.1 Å². The molecular formula is C30H37NO12. The summed E-state index contributed by atoms with van der Waals surface area (Å²) in [6.45, 7) is 0. The Bertz CT molecular complexity index is 1320. The van der Waals surface area contributed by atoms with E-state index in [2.05, 4.69) is 0 Å². The predicted octanol–water partition coefficient (Wildman–Crippen LogP) is 2.74. The second-order valence-corrected chi connectivity index (χ2v) is 10.3. The van der Waals surface area contributed by atoms with Crippen molar-refractivity contribution in [1.82, 2.24) is 0 Å². The summed E-state index contributed by atoms with van der Waals surface area (Å²) in [5.41, 5.74) is 0.729. The first kappa shape index (κ1) is 31.7. The Hall–Kier alpha value is -4.20. The molecule has 3 unspecified atom stereocenters. The summed E-state index contributed by atoms with van der Waals surface area (Å²) in [6, 6.07) is 4.52. The maximum absolute atomic E-state index is 13.5. The normalized spacial score (nSPS) is 26.0. The van der Waals surface area contributed by atoms with Crippen LogP contribution in [0.25, 0.3) is 6.08 Å². The molecule has 2 aliphatic heterocycles. The number of rotatable bonds is 11. The van der Waals surface area contributed by atoms with E-state index in [0.717, 1.165) is 0 Å². The van der Waals surface area contributed by atoms with Gasteiger partial charge in [-0.25, -0.2) is 9.59 Å². The standard InChI is InChI=1S/C30H37NO12/c1-31(35)19-14-18(42-30(34)17-12-23(38-4)29(41-7)24(13-17)39-5)15-20(31)27(26(19)33)43-25(32)9-8-16-10-21(36-2)28(40-6)22(11-16)37-3/h8-13,18-20,26-27,33H,14-15H2,1-7H3/b9-8+/t18-,19?,20?,26-,27+,31?/m0/s1. The van der Waals surface area contributed by atoms with Gasteiger partial charge in [0.05, 0.1) is 55.3 Å². The molecule has 0 aliphatic carbocycles. The molecule has 0 saturated carbocycles. The second kappa shape index (κ2) is 13.0. The van der Waals surface area contributed by atoms with Crippen molar-refractivity contribution >= 4 is 18.0 Å². The fourth-order valence-electron chi connectivity index (χ4n) is 5.81. The van der Waals surface area contributed by atoms with E-state index in [0.29, 0.717) is 28.6 Å². The number of ether oxygens (including phenoxy) is 8. The molecule has 6 atom stereocenters. The van der Waals surface area contributed by atoms with Gasteiger partial charge >= 0.3 is 11.9 Å². The summed E-state index contributed by atoms with van der Waals surface area (Å²) < 4.78 is 42.5. The molecule has 2 heterocycles. The smallest absolute Gasteiger partial charge is 0.338 e. The molecule has 13 nitrogen and oxygen atoms in total. The van der Waals surface area contributed by atoms with Crippen LogP contribution in [-0.4, -0.2) is 102 Å². The number of hydroxylamine groups is 3. The third-order valence-corrected chi connectivity index (χ3v) is 7.96. The number of piperidine rings is 1. The number of likely N-dealkylation sites (N-methyl/N-ethyl adjacent to an activating group) is 1. The molecule has 2 saturated heterocycles. The van der Waals surface area contributed by atoms with Gasteiger partial charge in [-0.15, -0.1) is 0 Å². The molecule has 1 N–H and O–H groups in total. The molecule has 43 heavy (non-hydrogen) atoms. The zero-order chi connectivity index (χ0) is 31.5. The molecule has 234 valence electrons. The Labute approximate surface area is 249 Å². The van der Waals surface area contributed by atoms with Crippen LogP contribution in [0, 0.1) is 5.21 Å². The molecule has 0 radical (unpaired) electrons. The number of hydrogen-bond donors (Lipinski definition) is 1. The molecule has 2 aromatic carbocycles. The van der Waals surface area contributed by atoms with E-state index < -0.39 is 47.0 Å². The summed E-state index contributed by atoms with van der Waals surface area (Å²) in [7, 11) is 10.2. The minimum Gasteiger partial charge on any atom is -0.632 e. The van der Waals surface area contributed by atoms with E-state index >= 15 is 0 Å². The topological polar surface area (TPSA) is 151 Å². The van der Waals surface area contributed by atoms with Gasteiger partial charge in [0.1, 0.15) is 24.3 Å². The van der Waals surface area contributed by atoms with Crippen LogP contribution in [0.15, 0.2) is 30.3 Å². The van der Waals surface area contributed by atoms with E-state index in [4.69, 9.17) is 37.9 Å². The summed E-state index contributed by atoms with van der Waals surface area (Å²) in [5.74, 6) is 0.676. The molecular weight excluding hydrogens is 566 g/mol. The Morgan fingerprint density at radius 3 is 1.77 bits per heavy atom. The predicted molar refractivity (Wildman–Crippen MR) is 153 cm³/mol. The molecule has 2 fully saturated rings. The van der Waals surface area contributed by atoms with Gasteiger partial charge in [0.15, 0.2) is 29.1 Å². The lowest BCUT2D eigenvalue weighted by molar-refractivity contribution is -0.906. The van der Waals surface area contributed by atoms with Crippen molar-refractivity contribution in [2.24, 2.45) is 0 Å². The number of esters is 2. The second-order valence-electron chi connectivity index (χ2n) is 10.3. The van der Waals surface area contributed by atoms with Crippen LogP contribution in [0.3, 0.4) is 0 Å².